The number of nitrogens with zero attached hydrogens (tertiary/aromatic N) is 5. The van der Waals surface area contributed by atoms with E-state index in [-0.39, 0.29) is 5.41 Å². The summed E-state index contributed by atoms with van der Waals surface area (Å²) in [6.45, 7) is 6.70. The van der Waals surface area contributed by atoms with Gasteiger partial charge in [-0.25, -0.2) is 0 Å². The molecule has 1 unspecified atom stereocenters. The van der Waals surface area contributed by atoms with Crippen LogP contribution in [0.4, 0.5) is 5.13 Å². The van der Waals surface area contributed by atoms with Gasteiger partial charge in [-0.3, -0.25) is 9.88 Å². The summed E-state index contributed by atoms with van der Waals surface area (Å²) in [5.74, 6) is 0. The van der Waals surface area contributed by atoms with Crippen molar-refractivity contribution in [3.05, 3.63) is 35.6 Å². The first kappa shape index (κ1) is 15.9. The summed E-state index contributed by atoms with van der Waals surface area (Å²) in [5, 5.41) is 9.28. The molecule has 2 aliphatic rings. The molecule has 1 atom stereocenters. The van der Waals surface area contributed by atoms with Crippen LogP contribution in [0.3, 0.4) is 0 Å². The van der Waals surface area contributed by atoms with Gasteiger partial charge >= 0.3 is 0 Å². The molecule has 4 heterocycles. The third-order valence-electron chi connectivity index (χ3n) is 4.93. The van der Waals surface area contributed by atoms with Crippen molar-refractivity contribution in [3.8, 4) is 0 Å². The van der Waals surface area contributed by atoms with E-state index in [9.17, 15) is 0 Å². The van der Waals surface area contributed by atoms with Crippen molar-refractivity contribution in [1.82, 2.24) is 20.1 Å². The maximum absolute atomic E-state index is 5.99. The van der Waals surface area contributed by atoms with Crippen molar-refractivity contribution in [2.24, 2.45) is 5.41 Å². The van der Waals surface area contributed by atoms with Gasteiger partial charge in [-0.2, -0.15) is 0 Å². The van der Waals surface area contributed by atoms with Gasteiger partial charge < -0.3 is 9.64 Å². The number of pyridine rings is 1. The molecule has 2 aromatic heterocycles. The van der Waals surface area contributed by atoms with Crippen molar-refractivity contribution in [3.63, 3.8) is 0 Å². The first-order chi connectivity index (χ1) is 11.8. The summed E-state index contributed by atoms with van der Waals surface area (Å²) < 4.78 is 5.99. The van der Waals surface area contributed by atoms with Crippen LogP contribution in [0.25, 0.3) is 0 Å². The van der Waals surface area contributed by atoms with Crippen LogP contribution < -0.4 is 4.90 Å². The second-order valence-corrected chi connectivity index (χ2v) is 7.68. The van der Waals surface area contributed by atoms with Gasteiger partial charge in [0.2, 0.25) is 5.13 Å². The monoisotopic (exact) mass is 345 g/mol. The molecule has 0 radical (unpaired) electrons. The van der Waals surface area contributed by atoms with Crippen molar-refractivity contribution in [1.29, 1.82) is 0 Å². The minimum atomic E-state index is 0.183. The molecule has 2 aliphatic heterocycles. The third kappa shape index (κ3) is 3.58. The maximum Gasteiger partial charge on any atom is 0.208 e. The first-order valence-corrected chi connectivity index (χ1v) is 9.41. The van der Waals surface area contributed by atoms with E-state index in [2.05, 4.69) is 31.0 Å². The quantitative estimate of drug-likeness (QED) is 0.849. The van der Waals surface area contributed by atoms with Gasteiger partial charge in [0.15, 0.2) is 0 Å². The molecule has 0 aromatic carbocycles. The predicted molar refractivity (Wildman–Crippen MR) is 94.1 cm³/mol. The zero-order chi connectivity index (χ0) is 16.2. The number of likely N-dealkylation sites (tertiary alicyclic amines) is 1. The lowest BCUT2D eigenvalue weighted by molar-refractivity contribution is 0.0106. The molecule has 0 bridgehead atoms. The molecule has 0 saturated carbocycles. The summed E-state index contributed by atoms with van der Waals surface area (Å²) >= 11 is 1.62. The average molecular weight is 345 g/mol. The zero-order valence-corrected chi connectivity index (χ0v) is 14.6. The lowest BCUT2D eigenvalue weighted by Crippen LogP contribution is -2.50. The van der Waals surface area contributed by atoms with Crippen LogP contribution in [0.2, 0.25) is 0 Å². The molecule has 4 rings (SSSR count). The second-order valence-electron chi connectivity index (χ2n) is 6.87. The molecule has 7 heteroatoms. The molecule has 24 heavy (non-hydrogen) atoms. The minimum absolute atomic E-state index is 0.183. The summed E-state index contributed by atoms with van der Waals surface area (Å²) in [5.41, 5.74) is 3.27. The third-order valence-corrected chi connectivity index (χ3v) is 5.68. The Morgan fingerprint density at radius 3 is 3.12 bits per heavy atom. The molecule has 6 nitrogen and oxygen atoms in total. The van der Waals surface area contributed by atoms with Crippen LogP contribution in [0.15, 0.2) is 30.0 Å². The SMILES string of the molecule is c1cncc(CN2CCCC3(COCCN(c4nncs4)C3)C2)c1. The Morgan fingerprint density at radius 1 is 1.29 bits per heavy atom. The summed E-state index contributed by atoms with van der Waals surface area (Å²) in [6.07, 6.45) is 6.23. The average Bonchev–Trinajstić information content (AvgIpc) is 3.07. The van der Waals surface area contributed by atoms with E-state index in [1.807, 2.05) is 24.0 Å². The Kier molecular flexibility index (Phi) is 4.73. The molecule has 2 fully saturated rings. The largest absolute Gasteiger partial charge is 0.379 e. The van der Waals surface area contributed by atoms with Crippen LogP contribution >= 0.6 is 11.3 Å². The Hall–Kier alpha value is -1.57. The van der Waals surface area contributed by atoms with Gasteiger partial charge in [0.25, 0.3) is 0 Å². The summed E-state index contributed by atoms with van der Waals surface area (Å²) in [7, 11) is 0. The fourth-order valence-corrected chi connectivity index (χ4v) is 4.49. The second kappa shape index (κ2) is 7.13. The van der Waals surface area contributed by atoms with E-state index in [0.29, 0.717) is 0 Å². The molecule has 0 N–H and O–H groups in total. The van der Waals surface area contributed by atoms with Crippen molar-refractivity contribution >= 4 is 16.5 Å². The number of aromatic nitrogens is 3. The van der Waals surface area contributed by atoms with E-state index < -0.39 is 0 Å². The smallest absolute Gasteiger partial charge is 0.208 e. The molecule has 2 saturated heterocycles. The van der Waals surface area contributed by atoms with Crippen LogP contribution in [0.1, 0.15) is 18.4 Å². The predicted octanol–water partition coefficient (Wildman–Crippen LogP) is 2.05. The number of piperidine rings is 1. The van der Waals surface area contributed by atoms with Crippen LogP contribution in [-0.4, -0.2) is 59.5 Å². The number of anilines is 1. The summed E-state index contributed by atoms with van der Waals surface area (Å²) in [6, 6.07) is 4.17. The lowest BCUT2D eigenvalue weighted by Gasteiger charge is -2.43. The molecule has 0 aliphatic carbocycles. The van der Waals surface area contributed by atoms with E-state index >= 15 is 0 Å². The highest BCUT2D eigenvalue weighted by molar-refractivity contribution is 7.13. The molecule has 0 amide bonds. The molecular formula is C17H23N5OS. The Morgan fingerprint density at radius 2 is 2.29 bits per heavy atom. The number of hydrogen-bond donors (Lipinski definition) is 0. The summed E-state index contributed by atoms with van der Waals surface area (Å²) in [4.78, 5) is 9.15. The highest BCUT2D eigenvalue weighted by Crippen LogP contribution is 2.35. The maximum atomic E-state index is 5.99. The fraction of sp³-hybridized carbons (Fsp3) is 0.588. The number of rotatable bonds is 3. The highest BCUT2D eigenvalue weighted by atomic mass is 32.1. The van der Waals surface area contributed by atoms with E-state index in [4.69, 9.17) is 4.74 Å². The van der Waals surface area contributed by atoms with Crippen LogP contribution in [0.5, 0.6) is 0 Å². The zero-order valence-electron chi connectivity index (χ0n) is 13.8. The van der Waals surface area contributed by atoms with Gasteiger partial charge in [0.1, 0.15) is 5.51 Å². The highest BCUT2D eigenvalue weighted by Gasteiger charge is 2.39. The minimum Gasteiger partial charge on any atom is -0.379 e. The van der Waals surface area contributed by atoms with E-state index in [1.54, 1.807) is 11.3 Å². The van der Waals surface area contributed by atoms with Crippen molar-refractivity contribution < 1.29 is 4.74 Å². The first-order valence-electron chi connectivity index (χ1n) is 8.53. The van der Waals surface area contributed by atoms with Gasteiger partial charge in [-0.1, -0.05) is 17.4 Å². The number of hydrogen-bond acceptors (Lipinski definition) is 7. The van der Waals surface area contributed by atoms with E-state index in [1.165, 1.54) is 18.4 Å². The molecule has 1 spiro atoms. The van der Waals surface area contributed by atoms with Gasteiger partial charge in [0.05, 0.1) is 13.2 Å². The molecular weight excluding hydrogens is 322 g/mol. The fourth-order valence-electron chi connectivity index (χ4n) is 3.90. The Labute approximate surface area is 146 Å². The van der Waals surface area contributed by atoms with Crippen molar-refractivity contribution in [2.75, 3.05) is 44.3 Å². The Balaban J connectivity index is 1.48. The van der Waals surface area contributed by atoms with Crippen molar-refractivity contribution in [2.45, 2.75) is 19.4 Å². The standard InChI is InChI=1S/C17H23N5OS/c1-3-15(9-18-5-1)10-21-6-2-4-17(11-21)12-22(7-8-23-13-17)16-20-19-14-24-16/h1,3,5,9,14H,2,4,6-8,10-13H2. The number of ether oxygens (including phenoxy) is 1. The lowest BCUT2D eigenvalue weighted by atomic mass is 9.80. The van der Waals surface area contributed by atoms with Gasteiger partial charge in [-0.05, 0) is 31.0 Å². The van der Waals surface area contributed by atoms with Crippen LogP contribution in [-0.2, 0) is 11.3 Å². The van der Waals surface area contributed by atoms with Gasteiger partial charge in [0, 0.05) is 44.0 Å². The van der Waals surface area contributed by atoms with E-state index in [0.717, 1.165) is 51.1 Å². The molecule has 2 aromatic rings. The topological polar surface area (TPSA) is 54.4 Å². The Bertz CT molecular complexity index is 638. The molecule has 128 valence electrons. The normalized spacial score (nSPS) is 25.8. The van der Waals surface area contributed by atoms with Crippen LogP contribution in [0, 0.1) is 5.41 Å². The van der Waals surface area contributed by atoms with Gasteiger partial charge in [-0.15, -0.1) is 10.2 Å².